The van der Waals surface area contributed by atoms with Crippen LogP contribution in [0.15, 0.2) is 24.3 Å². The maximum Gasteiger partial charge on any atom is 0.122 e. The van der Waals surface area contributed by atoms with Gasteiger partial charge in [-0.3, -0.25) is 0 Å². The molecule has 0 unspecified atom stereocenters. The Balaban J connectivity index is 1.69. The summed E-state index contributed by atoms with van der Waals surface area (Å²) in [5.41, 5.74) is 0. The van der Waals surface area contributed by atoms with E-state index in [4.69, 9.17) is 4.74 Å². The van der Waals surface area contributed by atoms with Crippen LogP contribution in [0, 0.1) is 5.92 Å². The highest BCUT2D eigenvalue weighted by atomic mass is 16.5. The van der Waals surface area contributed by atoms with Crippen molar-refractivity contribution in [1.29, 1.82) is 0 Å². The molecule has 1 N–H and O–H groups in total. The van der Waals surface area contributed by atoms with Gasteiger partial charge >= 0.3 is 0 Å². The van der Waals surface area contributed by atoms with Gasteiger partial charge in [0, 0.05) is 19.2 Å². The first kappa shape index (κ1) is 10.3. The zero-order valence-electron chi connectivity index (χ0n) is 9.02. The summed E-state index contributed by atoms with van der Waals surface area (Å²) in [5, 5.41) is 9.23. The molecule has 1 aromatic rings. The topological polar surface area (TPSA) is 32.7 Å². The van der Waals surface area contributed by atoms with E-state index in [0.29, 0.717) is 0 Å². The summed E-state index contributed by atoms with van der Waals surface area (Å²) in [6, 6.07) is 6.95. The number of hydrogen-bond donors (Lipinski definition) is 1. The maximum absolute atomic E-state index is 9.23. The highest BCUT2D eigenvalue weighted by Gasteiger charge is 2.22. The smallest absolute Gasteiger partial charge is 0.122 e. The molecule has 0 saturated carbocycles. The minimum Gasteiger partial charge on any atom is -0.508 e. The van der Waals surface area contributed by atoms with E-state index in [9.17, 15) is 5.11 Å². The molecule has 0 atom stereocenters. The van der Waals surface area contributed by atoms with Crippen LogP contribution in [-0.2, 0) is 0 Å². The third-order valence-corrected chi connectivity index (χ3v) is 2.75. The van der Waals surface area contributed by atoms with Crippen LogP contribution in [0.25, 0.3) is 0 Å². The zero-order chi connectivity index (χ0) is 10.7. The van der Waals surface area contributed by atoms with Crippen molar-refractivity contribution in [1.82, 2.24) is 4.90 Å². The molecule has 15 heavy (non-hydrogen) atoms. The number of likely N-dealkylation sites (tertiary alicyclic amines) is 1. The number of hydrogen-bond acceptors (Lipinski definition) is 3. The van der Waals surface area contributed by atoms with Crippen LogP contribution in [0.5, 0.6) is 11.5 Å². The van der Waals surface area contributed by atoms with Crippen LogP contribution in [-0.4, -0.2) is 36.8 Å². The van der Waals surface area contributed by atoms with Gasteiger partial charge < -0.3 is 14.7 Å². The predicted octanol–water partition coefficient (Wildman–Crippen LogP) is 1.72. The molecule has 2 rings (SSSR count). The second-order valence-electron chi connectivity index (χ2n) is 4.22. The summed E-state index contributed by atoms with van der Waals surface area (Å²) in [6.07, 6.45) is 1.10. The maximum atomic E-state index is 9.23. The van der Waals surface area contributed by atoms with E-state index in [-0.39, 0.29) is 5.75 Å². The minimum absolute atomic E-state index is 0.260. The Morgan fingerprint density at radius 2 is 2.27 bits per heavy atom. The van der Waals surface area contributed by atoms with Crippen LogP contribution < -0.4 is 4.74 Å². The van der Waals surface area contributed by atoms with Crippen molar-refractivity contribution < 1.29 is 9.84 Å². The SMILES string of the molecule is CN1CC(CCOc2cccc(O)c2)C1. The van der Waals surface area contributed by atoms with Gasteiger partial charge in [-0.1, -0.05) is 6.07 Å². The normalized spacial score (nSPS) is 17.4. The highest BCUT2D eigenvalue weighted by molar-refractivity contribution is 5.31. The van der Waals surface area contributed by atoms with Crippen molar-refractivity contribution in [3.63, 3.8) is 0 Å². The Hall–Kier alpha value is -1.22. The molecular formula is C12H17NO2. The van der Waals surface area contributed by atoms with E-state index in [0.717, 1.165) is 24.7 Å². The molecule has 3 heteroatoms. The first-order chi connectivity index (χ1) is 7.24. The van der Waals surface area contributed by atoms with E-state index in [1.807, 2.05) is 6.07 Å². The van der Waals surface area contributed by atoms with E-state index in [1.165, 1.54) is 13.1 Å². The number of phenols is 1. The molecule has 0 amide bonds. The third-order valence-electron chi connectivity index (χ3n) is 2.75. The molecule has 1 saturated heterocycles. The summed E-state index contributed by atoms with van der Waals surface area (Å²) < 4.78 is 5.55. The fourth-order valence-corrected chi connectivity index (χ4v) is 1.93. The number of rotatable bonds is 4. The molecule has 0 aliphatic carbocycles. The van der Waals surface area contributed by atoms with E-state index >= 15 is 0 Å². The van der Waals surface area contributed by atoms with Crippen LogP contribution >= 0.6 is 0 Å². The Labute approximate surface area is 90.3 Å². The number of ether oxygens (including phenoxy) is 1. The Morgan fingerprint density at radius 3 is 2.93 bits per heavy atom. The molecule has 82 valence electrons. The van der Waals surface area contributed by atoms with Gasteiger partial charge in [-0.25, -0.2) is 0 Å². The largest absolute Gasteiger partial charge is 0.508 e. The van der Waals surface area contributed by atoms with Gasteiger partial charge in [0.25, 0.3) is 0 Å². The van der Waals surface area contributed by atoms with E-state index < -0.39 is 0 Å². The highest BCUT2D eigenvalue weighted by Crippen LogP contribution is 2.20. The van der Waals surface area contributed by atoms with E-state index in [1.54, 1.807) is 18.2 Å². The van der Waals surface area contributed by atoms with Gasteiger partial charge in [0.05, 0.1) is 6.61 Å². The van der Waals surface area contributed by atoms with Crippen molar-refractivity contribution in [2.75, 3.05) is 26.7 Å². The second-order valence-corrected chi connectivity index (χ2v) is 4.22. The Kier molecular flexibility index (Phi) is 3.11. The van der Waals surface area contributed by atoms with Gasteiger partial charge in [-0.2, -0.15) is 0 Å². The van der Waals surface area contributed by atoms with Crippen LogP contribution in [0.2, 0.25) is 0 Å². The van der Waals surface area contributed by atoms with Crippen molar-refractivity contribution >= 4 is 0 Å². The summed E-state index contributed by atoms with van der Waals surface area (Å²) in [7, 11) is 2.13. The molecule has 1 aromatic carbocycles. The standard InChI is InChI=1S/C12H17NO2/c1-13-8-10(9-13)5-6-15-12-4-2-3-11(14)7-12/h2-4,7,10,14H,5-6,8-9H2,1H3. The third kappa shape index (κ3) is 2.86. The van der Waals surface area contributed by atoms with Crippen LogP contribution in [0.4, 0.5) is 0 Å². The average Bonchev–Trinajstić information content (AvgIpc) is 2.15. The summed E-state index contributed by atoms with van der Waals surface area (Å²) >= 11 is 0. The molecule has 1 aliphatic rings. The molecule has 0 radical (unpaired) electrons. The molecular weight excluding hydrogens is 190 g/mol. The zero-order valence-corrected chi connectivity index (χ0v) is 9.02. The number of benzene rings is 1. The van der Waals surface area contributed by atoms with Gasteiger partial charge in [0.2, 0.25) is 0 Å². The Bertz CT molecular complexity index is 321. The lowest BCUT2D eigenvalue weighted by atomic mass is 9.98. The molecule has 3 nitrogen and oxygen atoms in total. The van der Waals surface area contributed by atoms with Gasteiger partial charge in [0.15, 0.2) is 0 Å². The number of nitrogens with zero attached hydrogens (tertiary/aromatic N) is 1. The predicted molar refractivity (Wildman–Crippen MR) is 59.2 cm³/mol. The van der Waals surface area contributed by atoms with E-state index in [2.05, 4.69) is 11.9 Å². The number of aromatic hydroxyl groups is 1. The lowest BCUT2D eigenvalue weighted by molar-refractivity contribution is 0.110. The number of phenolic OH excluding ortho intramolecular Hbond substituents is 1. The first-order valence-electron chi connectivity index (χ1n) is 5.34. The van der Waals surface area contributed by atoms with Gasteiger partial charge in [-0.15, -0.1) is 0 Å². The minimum atomic E-state index is 0.260. The molecule has 0 aromatic heterocycles. The molecule has 1 aliphatic heterocycles. The quantitative estimate of drug-likeness (QED) is 0.816. The Morgan fingerprint density at radius 1 is 1.47 bits per heavy atom. The fraction of sp³-hybridized carbons (Fsp3) is 0.500. The van der Waals surface area contributed by atoms with Crippen molar-refractivity contribution in [2.24, 2.45) is 5.92 Å². The fourth-order valence-electron chi connectivity index (χ4n) is 1.93. The van der Waals surface area contributed by atoms with Crippen molar-refractivity contribution in [2.45, 2.75) is 6.42 Å². The van der Waals surface area contributed by atoms with Crippen molar-refractivity contribution in [3.05, 3.63) is 24.3 Å². The molecule has 1 heterocycles. The molecule has 0 bridgehead atoms. The summed E-state index contributed by atoms with van der Waals surface area (Å²) in [4.78, 5) is 2.30. The van der Waals surface area contributed by atoms with Crippen molar-refractivity contribution in [3.8, 4) is 11.5 Å². The lowest BCUT2D eigenvalue weighted by Crippen LogP contribution is -2.44. The summed E-state index contributed by atoms with van der Waals surface area (Å²) in [6.45, 7) is 3.11. The van der Waals surface area contributed by atoms with Crippen LogP contribution in [0.1, 0.15) is 6.42 Å². The van der Waals surface area contributed by atoms with Crippen LogP contribution in [0.3, 0.4) is 0 Å². The molecule has 0 spiro atoms. The monoisotopic (exact) mass is 207 g/mol. The first-order valence-corrected chi connectivity index (χ1v) is 5.34. The average molecular weight is 207 g/mol. The summed E-state index contributed by atoms with van der Waals surface area (Å²) in [5.74, 6) is 1.80. The second kappa shape index (κ2) is 4.53. The lowest BCUT2D eigenvalue weighted by Gasteiger charge is -2.36. The molecule has 1 fully saturated rings. The van der Waals surface area contributed by atoms with Gasteiger partial charge in [0.1, 0.15) is 11.5 Å². The van der Waals surface area contributed by atoms with Gasteiger partial charge in [-0.05, 0) is 31.5 Å².